The Hall–Kier alpha value is -1.81. The SMILES string of the molecule is Cc1cn(CC(C)N(C)C)c(Nc2ccccc2)n1. The third-order valence-electron chi connectivity index (χ3n) is 3.27. The molecule has 1 aromatic heterocycles. The minimum absolute atomic E-state index is 0.463. The van der Waals surface area contributed by atoms with E-state index < -0.39 is 0 Å². The topological polar surface area (TPSA) is 33.1 Å². The maximum atomic E-state index is 4.55. The van der Waals surface area contributed by atoms with Gasteiger partial charge in [-0.15, -0.1) is 0 Å². The van der Waals surface area contributed by atoms with Crippen molar-refractivity contribution in [3.05, 3.63) is 42.2 Å². The summed E-state index contributed by atoms with van der Waals surface area (Å²) in [7, 11) is 4.19. The molecule has 2 aromatic rings. The highest BCUT2D eigenvalue weighted by molar-refractivity contribution is 5.53. The Balaban J connectivity index is 2.16. The van der Waals surface area contributed by atoms with Gasteiger partial charge in [-0.05, 0) is 40.1 Å². The average molecular weight is 258 g/mol. The van der Waals surface area contributed by atoms with E-state index in [9.17, 15) is 0 Å². The van der Waals surface area contributed by atoms with E-state index in [1.807, 2.05) is 37.3 Å². The molecule has 0 bridgehead atoms. The number of aromatic nitrogens is 2. The van der Waals surface area contributed by atoms with Crippen LogP contribution in [0.2, 0.25) is 0 Å². The van der Waals surface area contributed by atoms with Crippen molar-refractivity contribution in [3.63, 3.8) is 0 Å². The quantitative estimate of drug-likeness (QED) is 0.895. The molecule has 0 amide bonds. The molecule has 2 rings (SSSR count). The second-order valence-corrected chi connectivity index (χ2v) is 5.16. The van der Waals surface area contributed by atoms with Crippen molar-refractivity contribution >= 4 is 11.6 Å². The Labute approximate surface area is 115 Å². The fourth-order valence-corrected chi connectivity index (χ4v) is 1.88. The molecule has 0 aliphatic rings. The van der Waals surface area contributed by atoms with Crippen molar-refractivity contribution in [2.24, 2.45) is 0 Å². The molecule has 0 saturated heterocycles. The van der Waals surface area contributed by atoms with Crippen LogP contribution in [0.15, 0.2) is 36.5 Å². The number of anilines is 2. The Morgan fingerprint density at radius 3 is 2.58 bits per heavy atom. The van der Waals surface area contributed by atoms with Crippen molar-refractivity contribution in [3.8, 4) is 0 Å². The van der Waals surface area contributed by atoms with Gasteiger partial charge in [0.05, 0.1) is 5.69 Å². The van der Waals surface area contributed by atoms with Gasteiger partial charge in [-0.3, -0.25) is 0 Å². The van der Waals surface area contributed by atoms with Gasteiger partial charge in [0.25, 0.3) is 0 Å². The minimum Gasteiger partial charge on any atom is -0.326 e. The molecule has 0 aliphatic carbocycles. The van der Waals surface area contributed by atoms with Gasteiger partial charge in [-0.25, -0.2) is 4.98 Å². The second-order valence-electron chi connectivity index (χ2n) is 5.16. The third kappa shape index (κ3) is 3.58. The maximum Gasteiger partial charge on any atom is 0.207 e. The van der Waals surface area contributed by atoms with Crippen molar-refractivity contribution in [1.29, 1.82) is 0 Å². The van der Waals surface area contributed by atoms with Crippen LogP contribution < -0.4 is 5.32 Å². The van der Waals surface area contributed by atoms with Crippen LogP contribution in [0, 0.1) is 6.92 Å². The molecule has 0 fully saturated rings. The number of rotatable bonds is 5. The first-order chi connectivity index (χ1) is 9.06. The van der Waals surface area contributed by atoms with Gasteiger partial charge in [-0.1, -0.05) is 18.2 Å². The van der Waals surface area contributed by atoms with Crippen LogP contribution >= 0.6 is 0 Å². The zero-order valence-electron chi connectivity index (χ0n) is 12.1. The molecular formula is C15H22N4. The van der Waals surface area contributed by atoms with Crippen LogP contribution in [0.3, 0.4) is 0 Å². The normalized spacial score (nSPS) is 12.7. The van der Waals surface area contributed by atoms with E-state index in [1.165, 1.54) is 0 Å². The first-order valence-electron chi connectivity index (χ1n) is 6.58. The van der Waals surface area contributed by atoms with Crippen molar-refractivity contribution in [1.82, 2.24) is 14.5 Å². The summed E-state index contributed by atoms with van der Waals surface area (Å²) in [6, 6.07) is 10.6. The summed E-state index contributed by atoms with van der Waals surface area (Å²) in [6.45, 7) is 5.15. The van der Waals surface area contributed by atoms with Crippen molar-refractivity contribution in [2.75, 3.05) is 19.4 Å². The molecule has 1 atom stereocenters. The standard InChI is InChI=1S/C15H22N4/c1-12-10-19(11-13(2)18(3)4)15(16-12)17-14-8-6-5-7-9-14/h5-10,13H,11H2,1-4H3,(H,16,17). The summed E-state index contributed by atoms with van der Waals surface area (Å²) in [4.78, 5) is 6.76. The maximum absolute atomic E-state index is 4.55. The molecule has 0 radical (unpaired) electrons. The zero-order chi connectivity index (χ0) is 13.8. The summed E-state index contributed by atoms with van der Waals surface area (Å²) in [6.07, 6.45) is 2.09. The van der Waals surface area contributed by atoms with E-state index in [-0.39, 0.29) is 0 Å². The number of imidazole rings is 1. The van der Waals surface area contributed by atoms with Crippen LogP contribution in [0.5, 0.6) is 0 Å². The summed E-state index contributed by atoms with van der Waals surface area (Å²) < 4.78 is 2.17. The highest BCUT2D eigenvalue weighted by atomic mass is 15.2. The lowest BCUT2D eigenvalue weighted by Crippen LogP contribution is -2.29. The van der Waals surface area contributed by atoms with E-state index in [4.69, 9.17) is 0 Å². The lowest BCUT2D eigenvalue weighted by atomic mass is 10.3. The first-order valence-corrected chi connectivity index (χ1v) is 6.58. The predicted octanol–water partition coefficient (Wildman–Crippen LogP) is 2.89. The molecule has 0 spiro atoms. The predicted molar refractivity (Wildman–Crippen MR) is 79.8 cm³/mol. The number of aryl methyl sites for hydroxylation is 1. The molecular weight excluding hydrogens is 236 g/mol. The Kier molecular flexibility index (Phi) is 4.22. The van der Waals surface area contributed by atoms with Crippen molar-refractivity contribution < 1.29 is 0 Å². The van der Waals surface area contributed by atoms with Gasteiger partial charge in [0, 0.05) is 24.5 Å². The fourth-order valence-electron chi connectivity index (χ4n) is 1.88. The minimum atomic E-state index is 0.463. The molecule has 0 saturated carbocycles. The number of nitrogens with one attached hydrogen (secondary N) is 1. The highest BCUT2D eigenvalue weighted by Gasteiger charge is 2.10. The van der Waals surface area contributed by atoms with E-state index >= 15 is 0 Å². The molecule has 102 valence electrons. The molecule has 0 aliphatic heterocycles. The van der Waals surface area contributed by atoms with Gasteiger partial charge in [0.1, 0.15) is 0 Å². The summed E-state index contributed by atoms with van der Waals surface area (Å²) in [5, 5.41) is 3.37. The molecule has 19 heavy (non-hydrogen) atoms. The van der Waals surface area contributed by atoms with E-state index in [1.54, 1.807) is 0 Å². The smallest absolute Gasteiger partial charge is 0.207 e. The fraction of sp³-hybridized carbons (Fsp3) is 0.400. The molecule has 1 aromatic carbocycles. The lowest BCUT2D eigenvalue weighted by molar-refractivity contribution is 0.285. The van der Waals surface area contributed by atoms with Gasteiger partial charge in [0.15, 0.2) is 0 Å². The Morgan fingerprint density at radius 2 is 1.95 bits per heavy atom. The number of benzene rings is 1. The van der Waals surface area contributed by atoms with Gasteiger partial charge < -0.3 is 14.8 Å². The van der Waals surface area contributed by atoms with E-state index in [0.717, 1.165) is 23.9 Å². The number of likely N-dealkylation sites (N-methyl/N-ethyl adjacent to an activating group) is 1. The Morgan fingerprint density at radius 1 is 1.26 bits per heavy atom. The average Bonchev–Trinajstić information content (AvgIpc) is 2.70. The monoisotopic (exact) mass is 258 g/mol. The molecule has 1 heterocycles. The van der Waals surface area contributed by atoms with Crippen molar-refractivity contribution in [2.45, 2.75) is 26.4 Å². The molecule has 1 unspecified atom stereocenters. The van der Waals surface area contributed by atoms with Crippen LogP contribution in [-0.2, 0) is 6.54 Å². The summed E-state index contributed by atoms with van der Waals surface area (Å²) in [5.41, 5.74) is 2.09. The van der Waals surface area contributed by atoms with Crippen LogP contribution in [-0.4, -0.2) is 34.6 Å². The molecule has 1 N–H and O–H groups in total. The van der Waals surface area contributed by atoms with E-state index in [0.29, 0.717) is 6.04 Å². The van der Waals surface area contributed by atoms with Crippen LogP contribution in [0.4, 0.5) is 11.6 Å². The summed E-state index contributed by atoms with van der Waals surface area (Å²) >= 11 is 0. The number of nitrogens with zero attached hydrogens (tertiary/aromatic N) is 3. The second kappa shape index (κ2) is 5.89. The number of para-hydroxylation sites is 1. The largest absolute Gasteiger partial charge is 0.326 e. The van der Waals surface area contributed by atoms with E-state index in [2.05, 4.69) is 47.0 Å². The first kappa shape index (κ1) is 13.6. The molecule has 4 heteroatoms. The van der Waals surface area contributed by atoms with Gasteiger partial charge >= 0.3 is 0 Å². The van der Waals surface area contributed by atoms with Gasteiger partial charge in [-0.2, -0.15) is 0 Å². The highest BCUT2D eigenvalue weighted by Crippen LogP contribution is 2.16. The third-order valence-corrected chi connectivity index (χ3v) is 3.27. The molecule has 4 nitrogen and oxygen atoms in total. The summed E-state index contributed by atoms with van der Waals surface area (Å²) in [5.74, 6) is 0.900. The number of hydrogen-bond acceptors (Lipinski definition) is 3. The van der Waals surface area contributed by atoms with Crippen LogP contribution in [0.1, 0.15) is 12.6 Å². The van der Waals surface area contributed by atoms with Crippen LogP contribution in [0.25, 0.3) is 0 Å². The zero-order valence-corrected chi connectivity index (χ0v) is 12.1. The lowest BCUT2D eigenvalue weighted by Gasteiger charge is -2.21. The number of hydrogen-bond donors (Lipinski definition) is 1. The van der Waals surface area contributed by atoms with Gasteiger partial charge in [0.2, 0.25) is 5.95 Å². The Bertz CT molecular complexity index is 516.